The Hall–Kier alpha value is -3.30. The molecular formula is C19H24N4O6. The van der Waals surface area contributed by atoms with E-state index < -0.39 is 36.0 Å². The number of fused-ring (bicyclic) bond motifs is 1. The van der Waals surface area contributed by atoms with Crippen molar-refractivity contribution in [2.75, 3.05) is 19.9 Å². The molecule has 2 aliphatic rings. The van der Waals surface area contributed by atoms with E-state index in [0.717, 1.165) is 11.3 Å². The first-order chi connectivity index (χ1) is 13.8. The number of amides is 5. The van der Waals surface area contributed by atoms with Crippen molar-refractivity contribution in [1.29, 1.82) is 0 Å². The Morgan fingerprint density at radius 1 is 1.28 bits per heavy atom. The summed E-state index contributed by atoms with van der Waals surface area (Å²) in [6.07, 6.45) is 0.771. The minimum Gasteiger partial charge on any atom is -0.454 e. The number of rotatable bonds is 7. The fraction of sp³-hybridized carbons (Fsp3) is 0.474. The summed E-state index contributed by atoms with van der Waals surface area (Å²) in [5.41, 5.74) is -0.835. The maximum absolute atomic E-state index is 12.9. The zero-order valence-electron chi connectivity index (χ0n) is 16.5. The van der Waals surface area contributed by atoms with Gasteiger partial charge in [0.05, 0.1) is 0 Å². The number of carbonyl (C=O) groups is 4. The molecule has 0 aliphatic carbocycles. The van der Waals surface area contributed by atoms with Gasteiger partial charge in [0.2, 0.25) is 18.6 Å². The summed E-state index contributed by atoms with van der Waals surface area (Å²) in [5.74, 6) is -0.473. The highest BCUT2D eigenvalue weighted by Crippen LogP contribution is 2.37. The van der Waals surface area contributed by atoms with Crippen LogP contribution in [0.4, 0.5) is 4.79 Å². The van der Waals surface area contributed by atoms with Crippen LogP contribution in [0.25, 0.3) is 0 Å². The van der Waals surface area contributed by atoms with Crippen LogP contribution in [0, 0.1) is 0 Å². The standard InChI is InChI=1S/C19H24N4O6/c1-4-7-20-16(25)11(2)21-15(24)9-23-17(26)19(3,22-18(23)27)12-5-6-13-14(8-12)29-10-28-13/h5-6,8,11H,4,7,9-10H2,1-3H3,(H,20,25)(H,21,24)(H,22,27)/t11-,19+/m1/s1. The molecule has 2 aliphatic heterocycles. The van der Waals surface area contributed by atoms with Crippen molar-refractivity contribution >= 4 is 23.8 Å². The van der Waals surface area contributed by atoms with Gasteiger partial charge in [-0.1, -0.05) is 13.0 Å². The summed E-state index contributed by atoms with van der Waals surface area (Å²) in [6, 6.07) is 3.48. The van der Waals surface area contributed by atoms with Gasteiger partial charge in [-0.05, 0) is 38.0 Å². The summed E-state index contributed by atoms with van der Waals surface area (Å²) in [4.78, 5) is 50.3. The van der Waals surface area contributed by atoms with E-state index in [0.29, 0.717) is 23.6 Å². The molecule has 3 N–H and O–H groups in total. The molecule has 0 saturated carbocycles. The Bertz CT molecular complexity index is 857. The third-order valence-electron chi connectivity index (χ3n) is 4.85. The van der Waals surface area contributed by atoms with Crippen LogP contribution >= 0.6 is 0 Å². The lowest BCUT2D eigenvalue weighted by Gasteiger charge is -2.22. The minimum atomic E-state index is -1.34. The lowest BCUT2D eigenvalue weighted by Crippen LogP contribution is -2.49. The van der Waals surface area contributed by atoms with Gasteiger partial charge in [-0.3, -0.25) is 19.3 Å². The fourth-order valence-electron chi connectivity index (χ4n) is 3.14. The van der Waals surface area contributed by atoms with E-state index in [1.807, 2.05) is 6.92 Å². The molecule has 0 unspecified atom stereocenters. The largest absolute Gasteiger partial charge is 0.454 e. The van der Waals surface area contributed by atoms with E-state index in [2.05, 4.69) is 16.0 Å². The molecule has 1 aromatic carbocycles. The number of imide groups is 1. The molecule has 2 heterocycles. The van der Waals surface area contributed by atoms with Crippen molar-refractivity contribution in [2.45, 2.75) is 38.8 Å². The minimum absolute atomic E-state index is 0.0894. The van der Waals surface area contributed by atoms with Crippen molar-refractivity contribution in [3.63, 3.8) is 0 Å². The summed E-state index contributed by atoms with van der Waals surface area (Å²) in [6.45, 7) is 5.11. The summed E-state index contributed by atoms with van der Waals surface area (Å²) in [5, 5.41) is 7.79. The van der Waals surface area contributed by atoms with Crippen LogP contribution in [0.3, 0.4) is 0 Å². The average molecular weight is 404 g/mol. The van der Waals surface area contributed by atoms with Crippen LogP contribution in [0.2, 0.25) is 0 Å². The molecule has 0 aromatic heterocycles. The number of urea groups is 1. The van der Waals surface area contributed by atoms with Gasteiger partial charge in [-0.2, -0.15) is 0 Å². The molecule has 156 valence electrons. The SMILES string of the molecule is CCCNC(=O)[C@@H](C)NC(=O)CN1C(=O)N[C@@](C)(c2ccc3c(c2)OCO3)C1=O. The first-order valence-electron chi connectivity index (χ1n) is 9.37. The van der Waals surface area contributed by atoms with Crippen molar-refractivity contribution in [3.05, 3.63) is 23.8 Å². The van der Waals surface area contributed by atoms with Crippen LogP contribution in [-0.2, 0) is 19.9 Å². The molecular weight excluding hydrogens is 380 g/mol. The van der Waals surface area contributed by atoms with Crippen LogP contribution in [0.15, 0.2) is 18.2 Å². The number of nitrogens with one attached hydrogen (secondary N) is 3. The van der Waals surface area contributed by atoms with Gasteiger partial charge in [-0.25, -0.2) is 4.79 Å². The molecule has 5 amide bonds. The van der Waals surface area contributed by atoms with Crippen molar-refractivity contribution < 1.29 is 28.7 Å². The van der Waals surface area contributed by atoms with E-state index in [-0.39, 0.29) is 12.7 Å². The predicted molar refractivity (Wildman–Crippen MR) is 101 cm³/mol. The molecule has 10 nitrogen and oxygen atoms in total. The van der Waals surface area contributed by atoms with Gasteiger partial charge >= 0.3 is 6.03 Å². The van der Waals surface area contributed by atoms with Gasteiger partial charge in [0, 0.05) is 6.54 Å². The average Bonchev–Trinajstić information content (AvgIpc) is 3.24. The van der Waals surface area contributed by atoms with Gasteiger partial charge in [0.25, 0.3) is 5.91 Å². The van der Waals surface area contributed by atoms with Crippen molar-refractivity contribution in [1.82, 2.24) is 20.9 Å². The fourth-order valence-corrected chi connectivity index (χ4v) is 3.14. The second kappa shape index (κ2) is 7.98. The molecule has 0 spiro atoms. The Kier molecular flexibility index (Phi) is 5.62. The first-order valence-corrected chi connectivity index (χ1v) is 9.37. The Morgan fingerprint density at radius 3 is 2.72 bits per heavy atom. The number of hydrogen-bond acceptors (Lipinski definition) is 6. The third-order valence-corrected chi connectivity index (χ3v) is 4.85. The van der Waals surface area contributed by atoms with Crippen LogP contribution in [0.1, 0.15) is 32.8 Å². The second-order valence-corrected chi connectivity index (χ2v) is 7.09. The Balaban J connectivity index is 1.67. The molecule has 10 heteroatoms. The highest BCUT2D eigenvalue weighted by Gasteiger charge is 2.50. The maximum Gasteiger partial charge on any atom is 0.325 e. The van der Waals surface area contributed by atoms with E-state index in [4.69, 9.17) is 9.47 Å². The van der Waals surface area contributed by atoms with Gasteiger partial charge < -0.3 is 25.4 Å². The zero-order valence-corrected chi connectivity index (χ0v) is 16.5. The highest BCUT2D eigenvalue weighted by atomic mass is 16.7. The molecule has 2 atom stereocenters. The van der Waals surface area contributed by atoms with Gasteiger partial charge in [0.15, 0.2) is 11.5 Å². The Labute approximate surface area is 167 Å². The number of hydrogen-bond donors (Lipinski definition) is 3. The lowest BCUT2D eigenvalue weighted by atomic mass is 9.91. The van der Waals surface area contributed by atoms with E-state index >= 15 is 0 Å². The number of carbonyl (C=O) groups excluding carboxylic acids is 4. The van der Waals surface area contributed by atoms with Crippen LogP contribution in [0.5, 0.6) is 11.5 Å². The first kappa shape index (κ1) is 20.4. The molecule has 1 aromatic rings. The summed E-state index contributed by atoms with van der Waals surface area (Å²) in [7, 11) is 0. The van der Waals surface area contributed by atoms with Crippen LogP contribution < -0.4 is 25.4 Å². The summed E-state index contributed by atoms with van der Waals surface area (Å²) >= 11 is 0. The summed E-state index contributed by atoms with van der Waals surface area (Å²) < 4.78 is 10.6. The molecule has 0 bridgehead atoms. The topological polar surface area (TPSA) is 126 Å². The Morgan fingerprint density at radius 2 is 2.00 bits per heavy atom. The van der Waals surface area contributed by atoms with Crippen LogP contribution in [-0.4, -0.2) is 54.6 Å². The van der Waals surface area contributed by atoms with Crippen molar-refractivity contribution in [2.24, 2.45) is 0 Å². The monoisotopic (exact) mass is 404 g/mol. The smallest absolute Gasteiger partial charge is 0.325 e. The normalized spacial score (nSPS) is 21.0. The maximum atomic E-state index is 12.9. The lowest BCUT2D eigenvalue weighted by molar-refractivity contribution is -0.135. The quantitative estimate of drug-likeness (QED) is 0.558. The van der Waals surface area contributed by atoms with Crippen molar-refractivity contribution in [3.8, 4) is 11.5 Å². The molecule has 0 radical (unpaired) electrons. The number of benzene rings is 1. The predicted octanol–water partition coefficient (Wildman–Crippen LogP) is 0.213. The van der Waals surface area contributed by atoms with Gasteiger partial charge in [0.1, 0.15) is 18.1 Å². The zero-order chi connectivity index (χ0) is 21.2. The van der Waals surface area contributed by atoms with E-state index in [1.54, 1.807) is 25.1 Å². The second-order valence-electron chi connectivity index (χ2n) is 7.09. The van der Waals surface area contributed by atoms with E-state index in [1.165, 1.54) is 6.92 Å². The highest BCUT2D eigenvalue weighted by molar-refractivity contribution is 6.09. The number of ether oxygens (including phenoxy) is 2. The molecule has 1 fully saturated rings. The van der Waals surface area contributed by atoms with Gasteiger partial charge in [-0.15, -0.1) is 0 Å². The molecule has 3 rings (SSSR count). The third kappa shape index (κ3) is 3.96. The number of nitrogens with zero attached hydrogens (tertiary/aromatic N) is 1. The van der Waals surface area contributed by atoms with E-state index in [9.17, 15) is 19.2 Å². The molecule has 29 heavy (non-hydrogen) atoms. The molecule has 1 saturated heterocycles.